The van der Waals surface area contributed by atoms with Crippen LogP contribution in [0.15, 0.2) is 0 Å². The standard InChI is InChI=1S/C14H27NO2/c1-15(11-7-4-8-12-16)14(17)13-9-5-2-3-6-10-13/h13,16H,2-12H2,1H3. The van der Waals surface area contributed by atoms with Crippen LogP contribution in [0.1, 0.15) is 57.8 Å². The van der Waals surface area contributed by atoms with E-state index in [-0.39, 0.29) is 12.5 Å². The highest BCUT2D eigenvalue weighted by Crippen LogP contribution is 2.24. The van der Waals surface area contributed by atoms with Gasteiger partial charge in [-0.2, -0.15) is 0 Å². The summed E-state index contributed by atoms with van der Waals surface area (Å²) in [6, 6.07) is 0. The third-order valence-electron chi connectivity index (χ3n) is 3.73. The van der Waals surface area contributed by atoms with Crippen LogP contribution in [-0.2, 0) is 4.79 Å². The lowest BCUT2D eigenvalue weighted by atomic mass is 9.99. The van der Waals surface area contributed by atoms with Gasteiger partial charge in [-0.3, -0.25) is 4.79 Å². The van der Waals surface area contributed by atoms with E-state index in [9.17, 15) is 4.79 Å². The van der Waals surface area contributed by atoms with Crippen LogP contribution in [0.2, 0.25) is 0 Å². The highest BCUT2D eigenvalue weighted by atomic mass is 16.2. The molecule has 0 aromatic rings. The Balaban J connectivity index is 2.24. The molecule has 17 heavy (non-hydrogen) atoms. The van der Waals surface area contributed by atoms with Crippen LogP contribution in [0.25, 0.3) is 0 Å². The van der Waals surface area contributed by atoms with Crippen molar-refractivity contribution in [2.45, 2.75) is 57.8 Å². The maximum atomic E-state index is 12.2. The average Bonchev–Trinajstić information content (AvgIpc) is 2.62. The molecule has 0 aromatic heterocycles. The van der Waals surface area contributed by atoms with Gasteiger partial charge in [-0.05, 0) is 32.1 Å². The van der Waals surface area contributed by atoms with Gasteiger partial charge in [0.1, 0.15) is 0 Å². The van der Waals surface area contributed by atoms with E-state index < -0.39 is 0 Å². The highest BCUT2D eigenvalue weighted by molar-refractivity contribution is 5.78. The molecule has 0 aromatic carbocycles. The SMILES string of the molecule is CN(CCCCCO)C(=O)C1CCCCCC1. The molecule has 3 heteroatoms. The van der Waals surface area contributed by atoms with Crippen LogP contribution >= 0.6 is 0 Å². The zero-order chi connectivity index (χ0) is 12.5. The smallest absolute Gasteiger partial charge is 0.225 e. The molecule has 1 aliphatic rings. The van der Waals surface area contributed by atoms with E-state index >= 15 is 0 Å². The highest BCUT2D eigenvalue weighted by Gasteiger charge is 2.22. The van der Waals surface area contributed by atoms with Gasteiger partial charge in [-0.15, -0.1) is 0 Å². The summed E-state index contributed by atoms with van der Waals surface area (Å²) in [5.74, 6) is 0.622. The van der Waals surface area contributed by atoms with Crippen LogP contribution in [0.5, 0.6) is 0 Å². The first-order valence-corrected chi connectivity index (χ1v) is 7.11. The van der Waals surface area contributed by atoms with Gasteiger partial charge in [0.05, 0.1) is 0 Å². The summed E-state index contributed by atoms with van der Waals surface area (Å²) in [4.78, 5) is 14.1. The molecule has 100 valence electrons. The minimum absolute atomic E-state index is 0.264. The minimum Gasteiger partial charge on any atom is -0.396 e. The minimum atomic E-state index is 0.264. The van der Waals surface area contributed by atoms with Gasteiger partial charge in [0.2, 0.25) is 5.91 Å². The fourth-order valence-corrected chi connectivity index (χ4v) is 2.59. The molecule has 0 saturated heterocycles. The Labute approximate surface area is 105 Å². The molecule has 0 spiro atoms. The van der Waals surface area contributed by atoms with Crippen LogP contribution in [0.4, 0.5) is 0 Å². The molecule has 0 aliphatic heterocycles. The Morgan fingerprint density at radius 1 is 1.12 bits per heavy atom. The average molecular weight is 241 g/mol. The van der Waals surface area contributed by atoms with Crippen molar-refractivity contribution in [3.8, 4) is 0 Å². The number of carbonyl (C=O) groups is 1. The first-order chi connectivity index (χ1) is 8.25. The van der Waals surface area contributed by atoms with Crippen LogP contribution in [-0.4, -0.2) is 36.1 Å². The Hall–Kier alpha value is -0.570. The Morgan fingerprint density at radius 2 is 1.76 bits per heavy atom. The van der Waals surface area contributed by atoms with Gasteiger partial charge in [0, 0.05) is 26.1 Å². The molecule has 0 atom stereocenters. The molecule has 0 unspecified atom stereocenters. The Bertz CT molecular complexity index is 210. The van der Waals surface area contributed by atoms with Crippen LogP contribution in [0.3, 0.4) is 0 Å². The van der Waals surface area contributed by atoms with E-state index in [1.165, 1.54) is 25.7 Å². The lowest BCUT2D eigenvalue weighted by Crippen LogP contribution is -2.33. The molecule has 1 rings (SSSR count). The molecular weight excluding hydrogens is 214 g/mol. The monoisotopic (exact) mass is 241 g/mol. The zero-order valence-corrected chi connectivity index (χ0v) is 11.2. The quantitative estimate of drug-likeness (QED) is 0.573. The van der Waals surface area contributed by atoms with Gasteiger partial charge in [-0.1, -0.05) is 25.7 Å². The van der Waals surface area contributed by atoms with Crippen molar-refractivity contribution in [2.75, 3.05) is 20.2 Å². The van der Waals surface area contributed by atoms with Gasteiger partial charge in [-0.25, -0.2) is 0 Å². The number of aliphatic hydroxyl groups excluding tert-OH is 1. The largest absolute Gasteiger partial charge is 0.396 e. The summed E-state index contributed by atoms with van der Waals surface area (Å²) in [7, 11) is 1.92. The third-order valence-corrected chi connectivity index (χ3v) is 3.73. The predicted molar refractivity (Wildman–Crippen MR) is 69.8 cm³/mol. The first kappa shape index (κ1) is 14.5. The van der Waals surface area contributed by atoms with E-state index in [0.29, 0.717) is 5.91 Å². The maximum absolute atomic E-state index is 12.2. The lowest BCUT2D eigenvalue weighted by Gasteiger charge is -2.22. The normalized spacial score (nSPS) is 17.8. The molecule has 1 amide bonds. The summed E-state index contributed by atoms with van der Waals surface area (Å²) >= 11 is 0. The summed E-state index contributed by atoms with van der Waals surface area (Å²) < 4.78 is 0. The molecule has 1 N–H and O–H groups in total. The number of carbonyl (C=O) groups excluding carboxylic acids is 1. The summed E-state index contributed by atoms with van der Waals surface area (Å²) in [5.41, 5.74) is 0. The fourth-order valence-electron chi connectivity index (χ4n) is 2.59. The van der Waals surface area contributed by atoms with E-state index in [1.807, 2.05) is 11.9 Å². The Kier molecular flexibility index (Phi) is 7.25. The number of aliphatic hydroxyl groups is 1. The van der Waals surface area contributed by atoms with E-state index in [2.05, 4.69) is 0 Å². The molecule has 3 nitrogen and oxygen atoms in total. The van der Waals surface area contributed by atoms with E-state index in [4.69, 9.17) is 5.11 Å². The van der Waals surface area contributed by atoms with Crippen molar-refractivity contribution in [3.63, 3.8) is 0 Å². The Morgan fingerprint density at radius 3 is 2.35 bits per heavy atom. The van der Waals surface area contributed by atoms with Crippen molar-refractivity contribution in [1.29, 1.82) is 0 Å². The van der Waals surface area contributed by atoms with Crippen molar-refractivity contribution in [3.05, 3.63) is 0 Å². The summed E-state index contributed by atoms with van der Waals surface area (Å²) in [5, 5.41) is 8.70. The topological polar surface area (TPSA) is 40.5 Å². The molecule has 0 heterocycles. The molecule has 1 fully saturated rings. The molecule has 0 radical (unpaired) electrons. The zero-order valence-electron chi connectivity index (χ0n) is 11.2. The molecule has 1 saturated carbocycles. The van der Waals surface area contributed by atoms with Gasteiger partial charge in [0.15, 0.2) is 0 Å². The molecular formula is C14H27NO2. The van der Waals surface area contributed by atoms with Crippen LogP contribution < -0.4 is 0 Å². The number of hydrogen-bond donors (Lipinski definition) is 1. The van der Waals surface area contributed by atoms with Crippen LogP contribution in [0, 0.1) is 5.92 Å². The van der Waals surface area contributed by atoms with Crippen molar-refractivity contribution < 1.29 is 9.90 Å². The fraction of sp³-hybridized carbons (Fsp3) is 0.929. The second-order valence-corrected chi connectivity index (χ2v) is 5.23. The van der Waals surface area contributed by atoms with Crippen molar-refractivity contribution in [2.24, 2.45) is 5.92 Å². The maximum Gasteiger partial charge on any atom is 0.225 e. The number of unbranched alkanes of at least 4 members (excludes halogenated alkanes) is 2. The van der Waals surface area contributed by atoms with E-state index in [1.54, 1.807) is 0 Å². The number of hydrogen-bond acceptors (Lipinski definition) is 2. The van der Waals surface area contributed by atoms with Gasteiger partial charge >= 0.3 is 0 Å². The summed E-state index contributed by atoms with van der Waals surface area (Å²) in [6.07, 6.45) is 10.1. The van der Waals surface area contributed by atoms with Crippen molar-refractivity contribution >= 4 is 5.91 Å². The molecule has 0 bridgehead atoms. The summed E-state index contributed by atoms with van der Waals surface area (Å²) in [6.45, 7) is 1.11. The second-order valence-electron chi connectivity index (χ2n) is 5.23. The third kappa shape index (κ3) is 5.53. The number of amides is 1. The van der Waals surface area contributed by atoms with E-state index in [0.717, 1.165) is 38.6 Å². The second kappa shape index (κ2) is 8.51. The van der Waals surface area contributed by atoms with Gasteiger partial charge in [0.25, 0.3) is 0 Å². The lowest BCUT2D eigenvalue weighted by molar-refractivity contribution is -0.134. The molecule has 1 aliphatic carbocycles. The van der Waals surface area contributed by atoms with Gasteiger partial charge < -0.3 is 10.0 Å². The number of rotatable bonds is 6. The van der Waals surface area contributed by atoms with Crippen molar-refractivity contribution in [1.82, 2.24) is 4.90 Å². The first-order valence-electron chi connectivity index (χ1n) is 7.11. The predicted octanol–water partition coefficient (Wildman–Crippen LogP) is 2.58. The number of nitrogens with zero attached hydrogens (tertiary/aromatic N) is 1.